The maximum atomic E-state index is 12.7. The Bertz CT molecular complexity index is 1030. The molecule has 0 bridgehead atoms. The van der Waals surface area contributed by atoms with Gasteiger partial charge in [-0.1, -0.05) is 30.3 Å². The minimum atomic E-state index is -0.389. The Kier molecular flexibility index (Phi) is 5.60. The van der Waals surface area contributed by atoms with E-state index in [1.54, 1.807) is 31.3 Å². The van der Waals surface area contributed by atoms with Crippen LogP contribution in [0.3, 0.4) is 0 Å². The number of nitrogens with one attached hydrogen (secondary N) is 1. The summed E-state index contributed by atoms with van der Waals surface area (Å²) in [5.41, 5.74) is 2.20. The van der Waals surface area contributed by atoms with Crippen LogP contribution < -0.4 is 10.2 Å². The zero-order chi connectivity index (χ0) is 20.1. The molecule has 0 spiro atoms. The molecule has 0 atom stereocenters. The van der Waals surface area contributed by atoms with Crippen LogP contribution in [0.2, 0.25) is 0 Å². The maximum Gasteiger partial charge on any atom is 0.276 e. The van der Waals surface area contributed by atoms with Gasteiger partial charge in [-0.3, -0.25) is 19.4 Å². The molecule has 3 aromatic rings. The summed E-state index contributed by atoms with van der Waals surface area (Å²) in [7, 11) is 1.65. The van der Waals surface area contributed by atoms with E-state index < -0.39 is 0 Å². The second-order valence-electron chi connectivity index (χ2n) is 6.22. The van der Waals surface area contributed by atoms with Crippen molar-refractivity contribution < 1.29 is 14.4 Å². The van der Waals surface area contributed by atoms with E-state index in [2.05, 4.69) is 10.3 Å². The smallest absolute Gasteiger partial charge is 0.276 e. The normalized spacial score (nSPS) is 10.2. The first kappa shape index (κ1) is 19.0. The average molecular weight is 373 g/mol. The molecule has 0 aliphatic heterocycles. The second-order valence-corrected chi connectivity index (χ2v) is 6.22. The van der Waals surface area contributed by atoms with E-state index in [0.717, 1.165) is 5.69 Å². The summed E-state index contributed by atoms with van der Waals surface area (Å²) in [6, 6.07) is 18.8. The number of rotatable bonds is 5. The van der Waals surface area contributed by atoms with Gasteiger partial charge >= 0.3 is 0 Å². The average Bonchev–Trinajstić information content (AvgIpc) is 2.73. The van der Waals surface area contributed by atoms with E-state index in [0.29, 0.717) is 16.8 Å². The van der Waals surface area contributed by atoms with Gasteiger partial charge in [0.2, 0.25) is 0 Å². The lowest BCUT2D eigenvalue weighted by molar-refractivity contribution is 0.0985. The van der Waals surface area contributed by atoms with E-state index in [1.165, 1.54) is 30.2 Å². The fourth-order valence-corrected chi connectivity index (χ4v) is 2.65. The molecule has 0 saturated carbocycles. The summed E-state index contributed by atoms with van der Waals surface area (Å²) in [5, 5.41) is 2.74. The monoisotopic (exact) mass is 373 g/mol. The first-order valence-corrected chi connectivity index (χ1v) is 8.67. The fourth-order valence-electron chi connectivity index (χ4n) is 2.65. The van der Waals surface area contributed by atoms with Gasteiger partial charge in [-0.2, -0.15) is 0 Å². The molecule has 0 aliphatic carbocycles. The molecule has 0 unspecified atom stereocenters. The van der Waals surface area contributed by atoms with Crippen LogP contribution in [0.5, 0.6) is 0 Å². The van der Waals surface area contributed by atoms with Gasteiger partial charge in [-0.05, 0) is 43.3 Å². The number of ketones is 1. The SMILES string of the molecule is CC(=O)c1cccc(NC(=O)c2ccnc(C(=O)N(C)c3ccccc3)c2)c1. The first-order valence-electron chi connectivity index (χ1n) is 8.67. The minimum Gasteiger partial charge on any atom is -0.322 e. The number of benzene rings is 2. The third-order valence-corrected chi connectivity index (χ3v) is 4.22. The number of pyridine rings is 1. The third-order valence-electron chi connectivity index (χ3n) is 4.22. The number of carbonyl (C=O) groups is 3. The maximum absolute atomic E-state index is 12.7. The number of para-hydroxylation sites is 1. The Morgan fingerprint density at radius 2 is 1.64 bits per heavy atom. The molecule has 1 aromatic heterocycles. The number of hydrogen-bond acceptors (Lipinski definition) is 4. The van der Waals surface area contributed by atoms with Crippen LogP contribution in [0.4, 0.5) is 11.4 Å². The Hall–Kier alpha value is -3.80. The van der Waals surface area contributed by atoms with Gasteiger partial charge in [-0.15, -0.1) is 0 Å². The van der Waals surface area contributed by atoms with Gasteiger partial charge in [0.05, 0.1) is 0 Å². The van der Waals surface area contributed by atoms with E-state index in [9.17, 15) is 14.4 Å². The van der Waals surface area contributed by atoms with Gasteiger partial charge in [-0.25, -0.2) is 0 Å². The number of aromatic nitrogens is 1. The highest BCUT2D eigenvalue weighted by Crippen LogP contribution is 2.16. The predicted molar refractivity (Wildman–Crippen MR) is 108 cm³/mol. The summed E-state index contributed by atoms with van der Waals surface area (Å²) >= 11 is 0. The van der Waals surface area contributed by atoms with Gasteiger partial charge in [0.1, 0.15) is 5.69 Å². The Morgan fingerprint density at radius 1 is 0.893 bits per heavy atom. The Labute approximate surface area is 162 Å². The van der Waals surface area contributed by atoms with Crippen molar-refractivity contribution in [3.05, 3.63) is 89.7 Å². The lowest BCUT2D eigenvalue weighted by Crippen LogP contribution is -2.27. The minimum absolute atomic E-state index is 0.0863. The molecular weight excluding hydrogens is 354 g/mol. The summed E-state index contributed by atoms with van der Waals surface area (Å²) in [6.07, 6.45) is 1.42. The standard InChI is InChI=1S/C22H19N3O3/c1-15(26)16-7-6-8-18(13-16)24-21(27)17-11-12-23-20(14-17)22(28)25(2)19-9-4-3-5-10-19/h3-14H,1-2H3,(H,24,27). The molecule has 0 saturated heterocycles. The third kappa shape index (κ3) is 4.29. The summed E-state index contributed by atoms with van der Waals surface area (Å²) < 4.78 is 0. The van der Waals surface area contributed by atoms with Crippen molar-refractivity contribution in [2.45, 2.75) is 6.92 Å². The van der Waals surface area contributed by atoms with E-state index in [1.807, 2.05) is 30.3 Å². The molecule has 3 rings (SSSR count). The van der Waals surface area contributed by atoms with Gasteiger partial charge < -0.3 is 10.2 Å². The highest BCUT2D eigenvalue weighted by Gasteiger charge is 2.17. The Morgan fingerprint density at radius 3 is 2.36 bits per heavy atom. The molecule has 1 heterocycles. The number of anilines is 2. The van der Waals surface area contributed by atoms with Crippen LogP contribution in [0.1, 0.15) is 38.1 Å². The second kappa shape index (κ2) is 8.26. The van der Waals surface area contributed by atoms with Crippen molar-refractivity contribution in [2.24, 2.45) is 0 Å². The largest absolute Gasteiger partial charge is 0.322 e. The molecule has 28 heavy (non-hydrogen) atoms. The number of nitrogens with zero attached hydrogens (tertiary/aromatic N) is 2. The molecule has 2 aromatic carbocycles. The van der Waals surface area contributed by atoms with E-state index >= 15 is 0 Å². The molecular formula is C22H19N3O3. The van der Waals surface area contributed by atoms with Crippen molar-refractivity contribution in [2.75, 3.05) is 17.3 Å². The molecule has 0 fully saturated rings. The van der Waals surface area contributed by atoms with E-state index in [4.69, 9.17) is 0 Å². The van der Waals surface area contributed by atoms with Crippen molar-refractivity contribution in [3.63, 3.8) is 0 Å². The van der Waals surface area contributed by atoms with Crippen molar-refractivity contribution in [1.82, 2.24) is 4.98 Å². The number of Topliss-reactive ketones (excluding diaryl/α,β-unsaturated/α-hetero) is 1. The van der Waals surface area contributed by atoms with Gasteiger partial charge in [0.25, 0.3) is 11.8 Å². The summed E-state index contributed by atoms with van der Waals surface area (Å²) in [5.74, 6) is -0.796. The fraction of sp³-hybridized carbons (Fsp3) is 0.0909. The van der Waals surface area contributed by atoms with Crippen LogP contribution in [-0.2, 0) is 0 Å². The molecule has 0 aliphatic rings. The van der Waals surface area contributed by atoms with Crippen molar-refractivity contribution >= 4 is 29.0 Å². The summed E-state index contributed by atoms with van der Waals surface area (Å²) in [4.78, 5) is 42.3. The van der Waals surface area contributed by atoms with Gasteiger partial charge in [0.15, 0.2) is 5.78 Å². The Balaban J connectivity index is 1.79. The van der Waals surface area contributed by atoms with Gasteiger partial charge in [0, 0.05) is 35.7 Å². The van der Waals surface area contributed by atoms with Crippen LogP contribution in [0.25, 0.3) is 0 Å². The van der Waals surface area contributed by atoms with Crippen molar-refractivity contribution in [3.8, 4) is 0 Å². The topological polar surface area (TPSA) is 79.4 Å². The highest BCUT2D eigenvalue weighted by molar-refractivity contribution is 6.08. The molecule has 6 heteroatoms. The van der Waals surface area contributed by atoms with Crippen LogP contribution in [0, 0.1) is 0 Å². The van der Waals surface area contributed by atoms with Crippen LogP contribution in [-0.4, -0.2) is 29.6 Å². The molecule has 140 valence electrons. The zero-order valence-electron chi connectivity index (χ0n) is 15.5. The van der Waals surface area contributed by atoms with Crippen molar-refractivity contribution in [1.29, 1.82) is 0 Å². The quantitative estimate of drug-likeness (QED) is 0.690. The number of carbonyl (C=O) groups excluding carboxylic acids is 3. The predicted octanol–water partition coefficient (Wildman–Crippen LogP) is 3.81. The molecule has 0 radical (unpaired) electrons. The molecule has 1 N–H and O–H groups in total. The lowest BCUT2D eigenvalue weighted by atomic mass is 10.1. The number of amides is 2. The van der Waals surface area contributed by atoms with Crippen LogP contribution >= 0.6 is 0 Å². The van der Waals surface area contributed by atoms with E-state index in [-0.39, 0.29) is 23.3 Å². The lowest BCUT2D eigenvalue weighted by Gasteiger charge is -2.17. The first-order chi connectivity index (χ1) is 13.5. The molecule has 6 nitrogen and oxygen atoms in total. The number of hydrogen-bond donors (Lipinski definition) is 1. The van der Waals surface area contributed by atoms with Crippen LogP contribution in [0.15, 0.2) is 72.9 Å². The molecule has 2 amide bonds. The highest BCUT2D eigenvalue weighted by atomic mass is 16.2. The zero-order valence-corrected chi connectivity index (χ0v) is 15.5. The summed E-state index contributed by atoms with van der Waals surface area (Å²) in [6.45, 7) is 1.46.